The van der Waals surface area contributed by atoms with Crippen LogP contribution in [0.15, 0.2) is 52.2 Å². The first-order valence-corrected chi connectivity index (χ1v) is 8.58. The summed E-state index contributed by atoms with van der Waals surface area (Å²) in [4.78, 5) is 0. The molecular formula is C15H16N2O4S. The summed E-state index contributed by atoms with van der Waals surface area (Å²) in [5.41, 5.74) is 1.44. The quantitative estimate of drug-likeness (QED) is 0.867. The van der Waals surface area contributed by atoms with Gasteiger partial charge >= 0.3 is 0 Å². The molecule has 1 aromatic heterocycles. The number of benzene rings is 1. The van der Waals surface area contributed by atoms with Crippen molar-refractivity contribution in [3.05, 3.63) is 54.0 Å². The van der Waals surface area contributed by atoms with E-state index in [-0.39, 0.29) is 0 Å². The minimum absolute atomic E-state index is 0.398. The fourth-order valence-corrected chi connectivity index (χ4v) is 3.39. The van der Waals surface area contributed by atoms with E-state index in [0.29, 0.717) is 23.6 Å². The van der Waals surface area contributed by atoms with Crippen molar-refractivity contribution in [3.8, 4) is 5.75 Å². The number of hydrogen-bond donors (Lipinski definition) is 0. The maximum absolute atomic E-state index is 12.0. The summed E-state index contributed by atoms with van der Waals surface area (Å²) >= 11 is 0. The minimum Gasteiger partial charge on any atom is -0.497 e. The first-order chi connectivity index (χ1) is 10.5. The lowest BCUT2D eigenvalue weighted by molar-refractivity contribution is 0.371. The van der Waals surface area contributed by atoms with Gasteiger partial charge in [0.15, 0.2) is 0 Å². The first kappa shape index (κ1) is 14.6. The molecule has 0 spiro atoms. The maximum atomic E-state index is 12.0. The molecule has 0 N–H and O–H groups in total. The molecule has 22 heavy (non-hydrogen) atoms. The van der Waals surface area contributed by atoms with Crippen LogP contribution in [0.5, 0.6) is 5.75 Å². The van der Waals surface area contributed by atoms with Crippen molar-refractivity contribution in [2.45, 2.75) is 12.5 Å². The molecule has 0 aliphatic carbocycles. The average molecular weight is 320 g/mol. The molecule has 2 heterocycles. The fourth-order valence-electron chi connectivity index (χ4n) is 2.48. The SMILES string of the molecule is COc1cccc(C2CC(c3ccco3)=NN2S(C)(=O)=O)c1. The van der Waals surface area contributed by atoms with E-state index >= 15 is 0 Å². The Morgan fingerprint density at radius 2 is 2.14 bits per heavy atom. The van der Waals surface area contributed by atoms with E-state index in [0.717, 1.165) is 16.2 Å². The third-order valence-corrected chi connectivity index (χ3v) is 4.51. The van der Waals surface area contributed by atoms with Gasteiger partial charge in [0, 0.05) is 6.42 Å². The summed E-state index contributed by atoms with van der Waals surface area (Å²) in [5.74, 6) is 1.26. The minimum atomic E-state index is -3.48. The molecule has 7 heteroatoms. The smallest absolute Gasteiger partial charge is 0.247 e. The van der Waals surface area contributed by atoms with Gasteiger partial charge in [0.25, 0.3) is 0 Å². The predicted molar refractivity (Wildman–Crippen MR) is 82.3 cm³/mol. The van der Waals surface area contributed by atoms with E-state index in [1.165, 1.54) is 0 Å². The number of sulfonamides is 1. The van der Waals surface area contributed by atoms with Crippen LogP contribution < -0.4 is 4.74 Å². The number of methoxy groups -OCH3 is 1. The van der Waals surface area contributed by atoms with Crippen LogP contribution in [-0.4, -0.2) is 31.9 Å². The van der Waals surface area contributed by atoms with Crippen LogP contribution in [0.3, 0.4) is 0 Å². The maximum Gasteiger partial charge on any atom is 0.247 e. The van der Waals surface area contributed by atoms with Crippen molar-refractivity contribution in [2.24, 2.45) is 5.10 Å². The zero-order valence-corrected chi connectivity index (χ0v) is 13.1. The van der Waals surface area contributed by atoms with Gasteiger partial charge in [0.05, 0.1) is 25.7 Å². The van der Waals surface area contributed by atoms with E-state index in [2.05, 4.69) is 5.10 Å². The Balaban J connectivity index is 2.00. The van der Waals surface area contributed by atoms with Crippen LogP contribution >= 0.6 is 0 Å². The molecule has 1 unspecified atom stereocenters. The second kappa shape index (κ2) is 5.49. The lowest BCUT2D eigenvalue weighted by atomic mass is 10.0. The van der Waals surface area contributed by atoms with Gasteiger partial charge in [-0.15, -0.1) is 0 Å². The Hall–Kier alpha value is -2.28. The largest absolute Gasteiger partial charge is 0.497 e. The van der Waals surface area contributed by atoms with Crippen LogP contribution in [-0.2, 0) is 10.0 Å². The van der Waals surface area contributed by atoms with Gasteiger partial charge in [0.1, 0.15) is 17.2 Å². The predicted octanol–water partition coefficient (Wildman–Crippen LogP) is 2.40. The van der Waals surface area contributed by atoms with Gasteiger partial charge in [-0.05, 0) is 29.8 Å². The van der Waals surface area contributed by atoms with Crippen LogP contribution in [0, 0.1) is 0 Å². The average Bonchev–Trinajstić information content (AvgIpc) is 3.15. The molecule has 3 rings (SSSR count). The lowest BCUT2D eigenvalue weighted by Crippen LogP contribution is -2.25. The van der Waals surface area contributed by atoms with Crippen molar-refractivity contribution in [1.82, 2.24) is 4.41 Å². The molecule has 2 aromatic rings. The third-order valence-electron chi connectivity index (χ3n) is 3.50. The highest BCUT2D eigenvalue weighted by Crippen LogP contribution is 2.35. The summed E-state index contributed by atoms with van der Waals surface area (Å²) in [6, 6.07) is 10.5. The molecule has 1 aliphatic rings. The Morgan fingerprint density at radius 3 is 2.77 bits per heavy atom. The Labute approximate surface area is 129 Å². The molecule has 6 nitrogen and oxygen atoms in total. The van der Waals surface area contributed by atoms with Crippen molar-refractivity contribution in [2.75, 3.05) is 13.4 Å². The van der Waals surface area contributed by atoms with Crippen molar-refractivity contribution < 1.29 is 17.6 Å². The van der Waals surface area contributed by atoms with Gasteiger partial charge < -0.3 is 9.15 Å². The summed E-state index contributed by atoms with van der Waals surface area (Å²) < 4.78 is 35.8. The highest BCUT2D eigenvalue weighted by molar-refractivity contribution is 7.88. The molecule has 0 amide bonds. The van der Waals surface area contributed by atoms with E-state index in [1.54, 1.807) is 25.5 Å². The lowest BCUT2D eigenvalue weighted by Gasteiger charge is -2.21. The van der Waals surface area contributed by atoms with E-state index < -0.39 is 16.1 Å². The fraction of sp³-hybridized carbons (Fsp3) is 0.267. The van der Waals surface area contributed by atoms with E-state index in [9.17, 15) is 8.42 Å². The molecule has 1 atom stereocenters. The number of rotatable bonds is 4. The number of ether oxygens (including phenoxy) is 1. The summed E-state index contributed by atoms with van der Waals surface area (Å²) in [6.07, 6.45) is 3.14. The molecule has 0 bridgehead atoms. The number of hydrogen-bond acceptors (Lipinski definition) is 5. The van der Waals surface area contributed by atoms with Crippen LogP contribution in [0.1, 0.15) is 23.8 Å². The molecule has 0 radical (unpaired) electrons. The standard InChI is InChI=1S/C15H16N2O4S/c1-20-12-6-3-5-11(9-12)14-10-13(15-7-4-8-21-15)16-17(14)22(2,18)19/h3-9,14H,10H2,1-2H3. The van der Waals surface area contributed by atoms with Crippen molar-refractivity contribution in [1.29, 1.82) is 0 Å². The van der Waals surface area contributed by atoms with Crippen molar-refractivity contribution in [3.63, 3.8) is 0 Å². The van der Waals surface area contributed by atoms with Gasteiger partial charge in [-0.3, -0.25) is 0 Å². The summed E-state index contributed by atoms with van der Waals surface area (Å²) in [7, 11) is -1.90. The second-order valence-corrected chi connectivity index (χ2v) is 6.90. The molecule has 1 aromatic carbocycles. The molecular weight excluding hydrogens is 304 g/mol. The van der Waals surface area contributed by atoms with Crippen molar-refractivity contribution >= 4 is 15.7 Å². The Bertz CT molecular complexity index is 797. The molecule has 0 saturated heterocycles. The zero-order valence-electron chi connectivity index (χ0n) is 12.3. The zero-order chi connectivity index (χ0) is 15.7. The van der Waals surface area contributed by atoms with E-state index in [4.69, 9.17) is 9.15 Å². The monoisotopic (exact) mass is 320 g/mol. The highest BCUT2D eigenvalue weighted by Gasteiger charge is 2.35. The summed E-state index contributed by atoms with van der Waals surface area (Å²) in [5, 5.41) is 4.24. The van der Waals surface area contributed by atoms with E-state index in [1.807, 2.05) is 24.3 Å². The van der Waals surface area contributed by atoms with Crippen LogP contribution in [0.25, 0.3) is 0 Å². The Kier molecular flexibility index (Phi) is 3.66. The van der Waals surface area contributed by atoms with Crippen LogP contribution in [0.2, 0.25) is 0 Å². The van der Waals surface area contributed by atoms with Gasteiger partial charge in [-0.1, -0.05) is 12.1 Å². The number of hydrazone groups is 1. The normalized spacial score (nSPS) is 18.4. The van der Waals surface area contributed by atoms with Gasteiger partial charge in [0.2, 0.25) is 10.0 Å². The topological polar surface area (TPSA) is 72.1 Å². The second-order valence-electron chi connectivity index (χ2n) is 5.06. The highest BCUT2D eigenvalue weighted by atomic mass is 32.2. The van der Waals surface area contributed by atoms with Gasteiger partial charge in [-0.2, -0.15) is 9.52 Å². The number of nitrogens with zero attached hydrogens (tertiary/aromatic N) is 2. The van der Waals surface area contributed by atoms with Gasteiger partial charge in [-0.25, -0.2) is 8.42 Å². The van der Waals surface area contributed by atoms with Crippen LogP contribution in [0.4, 0.5) is 0 Å². The third kappa shape index (κ3) is 2.71. The Morgan fingerprint density at radius 1 is 1.32 bits per heavy atom. The molecule has 0 saturated carbocycles. The first-order valence-electron chi connectivity index (χ1n) is 6.74. The molecule has 1 aliphatic heterocycles. The number of furan rings is 1. The molecule has 0 fully saturated rings. The summed E-state index contributed by atoms with van der Waals surface area (Å²) in [6.45, 7) is 0. The molecule has 116 valence electrons.